The number of hydrogen-bond donors (Lipinski definition) is 4. The van der Waals surface area contributed by atoms with Crippen molar-refractivity contribution < 1.29 is 15.3 Å². The largest absolute Gasteiger partial charge is 0.504 e. The summed E-state index contributed by atoms with van der Waals surface area (Å²) in [6, 6.07) is 0. The summed E-state index contributed by atoms with van der Waals surface area (Å²) in [6.45, 7) is 0. The first-order valence-electron chi connectivity index (χ1n) is 2.75. The predicted octanol–water partition coefficient (Wildman–Crippen LogP) is -1.54. The van der Waals surface area contributed by atoms with Crippen LogP contribution in [0.2, 0.25) is 0 Å². The van der Waals surface area contributed by atoms with Crippen molar-refractivity contribution in [3.8, 4) is 5.75 Å². The number of aliphatic hydroxyl groups is 2. The van der Waals surface area contributed by atoms with Gasteiger partial charge in [-0.3, -0.25) is 0 Å². The van der Waals surface area contributed by atoms with E-state index in [4.69, 9.17) is 15.3 Å². The van der Waals surface area contributed by atoms with E-state index in [-0.39, 0.29) is 5.69 Å². The molecule has 0 saturated carbocycles. The first kappa shape index (κ1) is 7.70. The molecule has 0 aliphatic carbocycles. The van der Waals surface area contributed by atoms with E-state index in [0.717, 1.165) is 6.20 Å². The van der Waals surface area contributed by atoms with Crippen molar-refractivity contribution in [3.63, 3.8) is 0 Å². The van der Waals surface area contributed by atoms with Crippen LogP contribution in [0.15, 0.2) is 11.0 Å². The lowest BCUT2D eigenvalue weighted by molar-refractivity contribution is -0.0476. The summed E-state index contributed by atoms with van der Waals surface area (Å²) >= 11 is 0. The van der Waals surface area contributed by atoms with Crippen LogP contribution < -0.4 is 5.69 Å². The van der Waals surface area contributed by atoms with Gasteiger partial charge in [0.2, 0.25) is 0 Å². The molecule has 0 atom stereocenters. The van der Waals surface area contributed by atoms with Gasteiger partial charge in [0, 0.05) is 0 Å². The minimum absolute atomic E-state index is 0.356. The fraction of sp³-hybridized carbons (Fsp3) is 0.200. The summed E-state index contributed by atoms with van der Waals surface area (Å²) in [5.41, 5.74) is -1.10. The zero-order valence-electron chi connectivity index (χ0n) is 5.35. The van der Waals surface area contributed by atoms with Crippen molar-refractivity contribution >= 4 is 0 Å². The van der Waals surface area contributed by atoms with Gasteiger partial charge in [0.15, 0.2) is 12.0 Å². The fourth-order valence-electron chi connectivity index (χ4n) is 0.598. The van der Waals surface area contributed by atoms with Crippen LogP contribution in [0.25, 0.3) is 0 Å². The van der Waals surface area contributed by atoms with Gasteiger partial charge in [0.05, 0.1) is 6.20 Å². The lowest BCUT2D eigenvalue weighted by Crippen LogP contribution is -2.14. The molecule has 6 nitrogen and oxygen atoms in total. The molecule has 1 aromatic heterocycles. The molecule has 0 radical (unpaired) electrons. The topological polar surface area (TPSA) is 106 Å². The van der Waals surface area contributed by atoms with E-state index in [1.165, 1.54) is 0 Å². The molecule has 1 aromatic rings. The standard InChI is InChI=1S/C5H6N2O4/c8-2-1-6-5(11)7-3(2)4(9)10/h1,4,8-10H,(H,6,7,11). The second-order valence-electron chi connectivity index (χ2n) is 1.86. The first-order chi connectivity index (χ1) is 5.11. The Bertz CT molecular complexity index is 306. The Balaban J connectivity index is 3.23. The molecule has 6 heteroatoms. The van der Waals surface area contributed by atoms with Crippen molar-refractivity contribution in [1.82, 2.24) is 9.97 Å². The summed E-state index contributed by atoms with van der Waals surface area (Å²) in [7, 11) is 0. The molecule has 1 rings (SSSR count). The highest BCUT2D eigenvalue weighted by Gasteiger charge is 2.09. The Labute approximate surface area is 60.8 Å². The third-order valence-electron chi connectivity index (χ3n) is 1.08. The number of aromatic amines is 1. The summed E-state index contributed by atoms with van der Waals surface area (Å²) in [6.07, 6.45) is -1.06. The van der Waals surface area contributed by atoms with Crippen LogP contribution >= 0.6 is 0 Å². The Hall–Kier alpha value is -1.40. The summed E-state index contributed by atoms with van der Waals surface area (Å²) in [5, 5.41) is 25.9. The molecule has 0 unspecified atom stereocenters. The fourth-order valence-corrected chi connectivity index (χ4v) is 0.598. The van der Waals surface area contributed by atoms with Crippen LogP contribution in [0, 0.1) is 0 Å². The van der Waals surface area contributed by atoms with Crippen LogP contribution in [0.3, 0.4) is 0 Å². The van der Waals surface area contributed by atoms with E-state index in [9.17, 15) is 4.79 Å². The monoisotopic (exact) mass is 158 g/mol. The Morgan fingerprint density at radius 3 is 2.64 bits per heavy atom. The minimum Gasteiger partial charge on any atom is -0.504 e. The van der Waals surface area contributed by atoms with Gasteiger partial charge in [-0.15, -0.1) is 0 Å². The van der Waals surface area contributed by atoms with Crippen molar-refractivity contribution in [3.05, 3.63) is 22.4 Å². The molecule has 0 aliphatic rings. The lowest BCUT2D eigenvalue weighted by Gasteiger charge is -2.03. The highest BCUT2D eigenvalue weighted by molar-refractivity contribution is 5.21. The third-order valence-corrected chi connectivity index (χ3v) is 1.08. The zero-order chi connectivity index (χ0) is 8.43. The van der Waals surface area contributed by atoms with Crippen LogP contribution in [-0.4, -0.2) is 25.3 Å². The predicted molar refractivity (Wildman–Crippen MR) is 33.7 cm³/mol. The second kappa shape index (κ2) is 2.69. The molecule has 0 aliphatic heterocycles. The van der Waals surface area contributed by atoms with Crippen molar-refractivity contribution in [2.45, 2.75) is 6.29 Å². The molecule has 1 heterocycles. The van der Waals surface area contributed by atoms with Gasteiger partial charge >= 0.3 is 5.69 Å². The Morgan fingerprint density at radius 2 is 2.18 bits per heavy atom. The maximum atomic E-state index is 10.4. The zero-order valence-corrected chi connectivity index (χ0v) is 5.35. The van der Waals surface area contributed by atoms with E-state index in [2.05, 4.69) is 4.98 Å². The Kier molecular flexibility index (Phi) is 1.88. The van der Waals surface area contributed by atoms with Crippen LogP contribution in [0.5, 0.6) is 5.75 Å². The molecule has 60 valence electrons. The third kappa shape index (κ3) is 1.54. The van der Waals surface area contributed by atoms with Gasteiger partial charge in [0.25, 0.3) is 0 Å². The molecule has 4 N–H and O–H groups in total. The van der Waals surface area contributed by atoms with Crippen molar-refractivity contribution in [2.75, 3.05) is 0 Å². The summed E-state index contributed by atoms with van der Waals surface area (Å²) < 4.78 is 0. The van der Waals surface area contributed by atoms with Gasteiger partial charge in [-0.25, -0.2) is 4.79 Å². The normalized spacial score (nSPS) is 10.5. The van der Waals surface area contributed by atoms with Gasteiger partial charge < -0.3 is 20.3 Å². The summed E-state index contributed by atoms with van der Waals surface area (Å²) in [5.74, 6) is -0.459. The maximum Gasteiger partial charge on any atom is 0.345 e. The van der Waals surface area contributed by atoms with E-state index in [1.807, 2.05) is 4.98 Å². The number of aliphatic hydroxyl groups excluding tert-OH is 1. The molecular weight excluding hydrogens is 152 g/mol. The molecule has 0 amide bonds. The smallest absolute Gasteiger partial charge is 0.345 e. The highest BCUT2D eigenvalue weighted by atomic mass is 16.5. The van der Waals surface area contributed by atoms with Crippen LogP contribution in [0.4, 0.5) is 0 Å². The van der Waals surface area contributed by atoms with E-state index in [0.29, 0.717) is 0 Å². The van der Waals surface area contributed by atoms with Crippen molar-refractivity contribution in [1.29, 1.82) is 0 Å². The SMILES string of the molecule is O=c1ncc(O)c(C(O)O)[nH]1. The number of nitrogens with zero attached hydrogens (tertiary/aromatic N) is 1. The second-order valence-corrected chi connectivity index (χ2v) is 1.86. The number of hydrogen-bond acceptors (Lipinski definition) is 5. The number of nitrogens with one attached hydrogen (secondary N) is 1. The number of H-pyrrole nitrogens is 1. The van der Waals surface area contributed by atoms with Crippen LogP contribution in [-0.2, 0) is 0 Å². The molecule has 0 aromatic carbocycles. The quantitative estimate of drug-likeness (QED) is 0.370. The minimum atomic E-state index is -1.90. The molecular formula is C5H6N2O4. The lowest BCUT2D eigenvalue weighted by atomic mass is 10.4. The van der Waals surface area contributed by atoms with E-state index < -0.39 is 17.7 Å². The summed E-state index contributed by atoms with van der Waals surface area (Å²) in [4.78, 5) is 15.5. The number of rotatable bonds is 1. The van der Waals surface area contributed by atoms with E-state index >= 15 is 0 Å². The first-order valence-corrected chi connectivity index (χ1v) is 2.75. The van der Waals surface area contributed by atoms with E-state index in [1.54, 1.807) is 0 Å². The maximum absolute atomic E-state index is 10.4. The van der Waals surface area contributed by atoms with Crippen molar-refractivity contribution in [2.24, 2.45) is 0 Å². The van der Waals surface area contributed by atoms with Crippen LogP contribution in [0.1, 0.15) is 12.0 Å². The molecule has 0 fully saturated rings. The average molecular weight is 158 g/mol. The molecule has 0 spiro atoms. The van der Waals surface area contributed by atoms with Gasteiger partial charge in [-0.1, -0.05) is 0 Å². The van der Waals surface area contributed by atoms with Gasteiger partial charge in [-0.05, 0) is 0 Å². The molecule has 0 saturated heterocycles. The average Bonchev–Trinajstić information content (AvgIpc) is 1.94. The highest BCUT2D eigenvalue weighted by Crippen LogP contribution is 2.15. The Morgan fingerprint density at radius 1 is 1.55 bits per heavy atom. The van der Waals surface area contributed by atoms with Gasteiger partial charge in [-0.2, -0.15) is 4.98 Å². The number of aromatic hydroxyl groups is 1. The number of aromatic nitrogens is 2. The van der Waals surface area contributed by atoms with Gasteiger partial charge in [0.1, 0.15) is 5.69 Å². The molecule has 11 heavy (non-hydrogen) atoms. The molecule has 0 bridgehead atoms.